The molecule has 218 valence electrons. The SMILES string of the molecule is CNC(=O)N(C)C[C@]12CC[C@@H](C)[C@H](C)[C@H]1[C@H]1C(=O)C=C3[C@@]4(C)C=C(C#N)C(=O)C(C)(C)[C@@H]4CC[C@@]3(C)[C@]1(C)CC2. The third-order valence-electron chi connectivity index (χ3n) is 13.5. The number of fused-ring (bicyclic) bond motifs is 7. The first-order valence-corrected chi connectivity index (χ1v) is 15.4. The van der Waals surface area contributed by atoms with E-state index in [-0.39, 0.29) is 57.2 Å². The summed E-state index contributed by atoms with van der Waals surface area (Å²) in [4.78, 5) is 42.4. The van der Waals surface area contributed by atoms with Crippen LogP contribution in [-0.4, -0.2) is 43.1 Å². The van der Waals surface area contributed by atoms with Crippen LogP contribution in [0.5, 0.6) is 0 Å². The number of allylic oxidation sites excluding steroid dienone is 4. The summed E-state index contributed by atoms with van der Waals surface area (Å²) < 4.78 is 0. The van der Waals surface area contributed by atoms with Crippen LogP contribution in [0.25, 0.3) is 0 Å². The Labute approximate surface area is 241 Å². The second-order valence-electron chi connectivity index (χ2n) is 15.5. The molecular weight excluding hydrogens is 498 g/mol. The van der Waals surface area contributed by atoms with Gasteiger partial charge in [0.15, 0.2) is 11.6 Å². The van der Waals surface area contributed by atoms with Crippen molar-refractivity contribution in [3.63, 3.8) is 0 Å². The molecule has 0 spiro atoms. The lowest BCUT2D eigenvalue weighted by Crippen LogP contribution is -2.66. The Morgan fingerprint density at radius 3 is 2.38 bits per heavy atom. The predicted octanol–water partition coefficient (Wildman–Crippen LogP) is 6.33. The Balaban J connectivity index is 1.67. The van der Waals surface area contributed by atoms with Gasteiger partial charge in [-0.05, 0) is 84.5 Å². The van der Waals surface area contributed by atoms with Crippen LogP contribution in [0.4, 0.5) is 4.79 Å². The number of rotatable bonds is 2. The van der Waals surface area contributed by atoms with E-state index in [2.05, 4.69) is 46.0 Å². The Hall–Kier alpha value is -2.42. The molecule has 9 atom stereocenters. The molecule has 0 aromatic rings. The Kier molecular flexibility index (Phi) is 6.57. The molecule has 5 rings (SSSR count). The van der Waals surface area contributed by atoms with Crippen molar-refractivity contribution >= 4 is 17.6 Å². The summed E-state index contributed by atoms with van der Waals surface area (Å²) in [5.41, 5.74) is -0.329. The molecular formula is C34H49N3O3. The van der Waals surface area contributed by atoms with Crippen LogP contribution in [0, 0.1) is 68.0 Å². The van der Waals surface area contributed by atoms with E-state index in [1.807, 2.05) is 37.9 Å². The summed E-state index contributed by atoms with van der Waals surface area (Å²) in [5, 5.41) is 12.7. The summed E-state index contributed by atoms with van der Waals surface area (Å²) in [6, 6.07) is 2.13. The number of ketones is 2. The maximum absolute atomic E-state index is 14.6. The first-order chi connectivity index (χ1) is 18.5. The smallest absolute Gasteiger partial charge is 0.316 e. The monoisotopic (exact) mass is 547 g/mol. The van der Waals surface area contributed by atoms with Gasteiger partial charge in [-0.3, -0.25) is 9.59 Å². The van der Waals surface area contributed by atoms with Gasteiger partial charge in [0.05, 0.1) is 5.57 Å². The zero-order chi connectivity index (χ0) is 29.6. The standard InChI is InChI=1S/C34H49N3O3/c1-20-10-13-34(19-37(9)29(40)36-8)15-14-33(7)27(26(34)21(20)2)23(38)16-25-31(5)17-22(18-35)28(39)30(3,4)24(31)11-12-32(25,33)6/h16-17,20-21,24,26-27H,10-15,19H2,1-9H3,(H,36,40)/t20-,21+,24+,26+,27-,31+,32-,33-,34-/m1/s1. The van der Waals surface area contributed by atoms with Gasteiger partial charge in [-0.2, -0.15) is 5.26 Å². The van der Waals surface area contributed by atoms with Crippen LogP contribution in [0.15, 0.2) is 23.3 Å². The Morgan fingerprint density at radius 1 is 1.07 bits per heavy atom. The lowest BCUT2D eigenvalue weighted by Gasteiger charge is -2.70. The minimum absolute atomic E-state index is 0.0504. The van der Waals surface area contributed by atoms with Crippen LogP contribution in [-0.2, 0) is 9.59 Å². The highest BCUT2D eigenvalue weighted by Crippen LogP contribution is 2.74. The van der Waals surface area contributed by atoms with Gasteiger partial charge in [0.2, 0.25) is 0 Å². The molecule has 0 saturated heterocycles. The van der Waals surface area contributed by atoms with E-state index in [1.54, 1.807) is 7.05 Å². The van der Waals surface area contributed by atoms with Crippen LogP contribution >= 0.6 is 0 Å². The molecule has 0 aromatic heterocycles. The molecule has 3 fully saturated rings. The summed E-state index contributed by atoms with van der Waals surface area (Å²) in [6.07, 6.45) is 9.84. The minimum atomic E-state index is -0.656. The zero-order valence-electron chi connectivity index (χ0n) is 26.1. The number of carbonyl (C=O) groups is 3. The van der Waals surface area contributed by atoms with Crippen molar-refractivity contribution in [3.8, 4) is 6.07 Å². The van der Waals surface area contributed by atoms with Crippen molar-refractivity contribution in [2.75, 3.05) is 20.6 Å². The molecule has 0 unspecified atom stereocenters. The molecule has 6 nitrogen and oxygen atoms in total. The van der Waals surface area contributed by atoms with Crippen molar-refractivity contribution in [1.29, 1.82) is 5.26 Å². The van der Waals surface area contributed by atoms with Crippen LogP contribution < -0.4 is 5.32 Å². The number of nitrogens with one attached hydrogen (secondary N) is 1. The highest BCUT2D eigenvalue weighted by Gasteiger charge is 2.70. The largest absolute Gasteiger partial charge is 0.341 e. The number of Topliss-reactive ketones (excluding diaryl/α,β-unsaturated/α-hetero) is 1. The number of hydrogen-bond donors (Lipinski definition) is 1. The lowest BCUT2D eigenvalue weighted by molar-refractivity contribution is -0.178. The number of nitrogens with zero attached hydrogens (tertiary/aromatic N) is 2. The molecule has 2 amide bonds. The van der Waals surface area contributed by atoms with E-state index >= 15 is 0 Å². The zero-order valence-corrected chi connectivity index (χ0v) is 26.1. The second-order valence-corrected chi connectivity index (χ2v) is 15.5. The van der Waals surface area contributed by atoms with Crippen molar-refractivity contribution in [3.05, 3.63) is 23.3 Å². The summed E-state index contributed by atoms with van der Waals surface area (Å²) >= 11 is 0. The van der Waals surface area contributed by atoms with Gasteiger partial charge < -0.3 is 10.2 Å². The molecule has 5 aliphatic rings. The van der Waals surface area contributed by atoms with E-state index in [0.717, 1.165) is 44.1 Å². The normalized spacial score (nSPS) is 45.5. The summed E-state index contributed by atoms with van der Waals surface area (Å²) in [5.74, 6) is 1.19. The number of amides is 2. The van der Waals surface area contributed by atoms with Gasteiger partial charge in [-0.25, -0.2) is 4.79 Å². The first kappa shape index (κ1) is 29.1. The van der Waals surface area contributed by atoms with Crippen LogP contribution in [0.2, 0.25) is 0 Å². The predicted molar refractivity (Wildman–Crippen MR) is 156 cm³/mol. The first-order valence-electron chi connectivity index (χ1n) is 15.4. The maximum Gasteiger partial charge on any atom is 0.316 e. The molecule has 40 heavy (non-hydrogen) atoms. The van der Waals surface area contributed by atoms with Gasteiger partial charge in [0, 0.05) is 37.4 Å². The van der Waals surface area contributed by atoms with Crippen molar-refractivity contribution in [2.45, 2.75) is 87.0 Å². The fourth-order valence-electron chi connectivity index (χ4n) is 11.0. The lowest BCUT2D eigenvalue weighted by atomic mass is 9.34. The van der Waals surface area contributed by atoms with Crippen LogP contribution in [0.3, 0.4) is 0 Å². The number of urea groups is 1. The fraction of sp³-hybridized carbons (Fsp3) is 0.765. The molecule has 0 radical (unpaired) electrons. The number of carbonyl (C=O) groups excluding carboxylic acids is 3. The highest BCUT2D eigenvalue weighted by atomic mass is 16.2. The van der Waals surface area contributed by atoms with E-state index in [4.69, 9.17) is 0 Å². The molecule has 6 heteroatoms. The van der Waals surface area contributed by atoms with Gasteiger partial charge in [0.1, 0.15) is 6.07 Å². The van der Waals surface area contributed by atoms with Gasteiger partial charge >= 0.3 is 6.03 Å². The van der Waals surface area contributed by atoms with Gasteiger partial charge in [-0.15, -0.1) is 0 Å². The molecule has 0 bridgehead atoms. The Bertz CT molecular complexity index is 1260. The molecule has 3 saturated carbocycles. The highest BCUT2D eigenvalue weighted by molar-refractivity contribution is 6.04. The number of nitriles is 1. The molecule has 0 heterocycles. The third kappa shape index (κ3) is 3.54. The molecule has 0 aliphatic heterocycles. The summed E-state index contributed by atoms with van der Waals surface area (Å²) in [7, 11) is 3.56. The van der Waals surface area contributed by atoms with Crippen molar-refractivity contribution in [2.24, 2.45) is 56.7 Å². The van der Waals surface area contributed by atoms with Gasteiger partial charge in [-0.1, -0.05) is 60.1 Å². The van der Waals surface area contributed by atoms with E-state index in [0.29, 0.717) is 18.4 Å². The Morgan fingerprint density at radius 2 is 1.75 bits per heavy atom. The van der Waals surface area contributed by atoms with E-state index in [9.17, 15) is 19.6 Å². The molecule has 0 aromatic carbocycles. The number of hydrogen-bond acceptors (Lipinski definition) is 4. The van der Waals surface area contributed by atoms with Crippen molar-refractivity contribution in [1.82, 2.24) is 10.2 Å². The van der Waals surface area contributed by atoms with E-state index in [1.165, 1.54) is 0 Å². The van der Waals surface area contributed by atoms with Crippen LogP contribution in [0.1, 0.15) is 87.0 Å². The topological polar surface area (TPSA) is 90.3 Å². The fourth-order valence-corrected chi connectivity index (χ4v) is 11.0. The second kappa shape index (κ2) is 9.04. The maximum atomic E-state index is 14.6. The summed E-state index contributed by atoms with van der Waals surface area (Å²) in [6.45, 7) is 16.3. The third-order valence-corrected chi connectivity index (χ3v) is 13.5. The molecule has 5 aliphatic carbocycles. The quantitative estimate of drug-likeness (QED) is 0.437. The van der Waals surface area contributed by atoms with E-state index < -0.39 is 10.8 Å². The van der Waals surface area contributed by atoms with Gasteiger partial charge in [0.25, 0.3) is 0 Å². The average molecular weight is 548 g/mol. The molecule has 1 N–H and O–H groups in total. The minimum Gasteiger partial charge on any atom is -0.341 e. The average Bonchev–Trinajstić information content (AvgIpc) is 2.90. The van der Waals surface area contributed by atoms with Crippen molar-refractivity contribution < 1.29 is 14.4 Å².